The van der Waals surface area contributed by atoms with Crippen molar-refractivity contribution in [3.05, 3.63) is 64.2 Å². The summed E-state index contributed by atoms with van der Waals surface area (Å²) >= 11 is 1.53. The topological polar surface area (TPSA) is 65.5 Å². The number of carbonyl (C=O) groups excluding carboxylic acids is 2. The lowest BCUT2D eigenvalue weighted by Crippen LogP contribution is -2.18. The molecule has 0 bridgehead atoms. The number of aryl methyl sites for hydroxylation is 2. The number of rotatable bonds is 7. The third-order valence-corrected chi connectivity index (χ3v) is 5.58. The minimum atomic E-state index is -0.550. The van der Waals surface area contributed by atoms with Crippen molar-refractivity contribution in [1.82, 2.24) is 4.98 Å². The predicted octanol–water partition coefficient (Wildman–Crippen LogP) is 3.73. The number of Topliss-reactive ketones (excluding diaryl/α,β-unsaturated/α-hetero) is 1. The van der Waals surface area contributed by atoms with Crippen LogP contribution >= 0.6 is 11.3 Å². The highest BCUT2D eigenvalue weighted by molar-refractivity contribution is 7.18. The number of thiazole rings is 1. The van der Waals surface area contributed by atoms with Crippen molar-refractivity contribution < 1.29 is 19.1 Å². The summed E-state index contributed by atoms with van der Waals surface area (Å²) in [5.74, 6) is -0.741. The Hall–Kier alpha value is -2.57. The third-order valence-electron chi connectivity index (χ3n) is 4.57. The fourth-order valence-electron chi connectivity index (χ4n) is 3.22. The molecular weight excluding hydrogens is 362 g/mol. The zero-order chi connectivity index (χ0) is 18.6. The highest BCUT2D eigenvalue weighted by Gasteiger charge is 2.15. The van der Waals surface area contributed by atoms with Crippen molar-refractivity contribution >= 4 is 33.3 Å². The van der Waals surface area contributed by atoms with Gasteiger partial charge in [0.05, 0.1) is 16.8 Å². The average Bonchev–Trinajstić information content (AvgIpc) is 3.31. The van der Waals surface area contributed by atoms with E-state index in [-0.39, 0.29) is 25.6 Å². The van der Waals surface area contributed by atoms with Gasteiger partial charge >= 0.3 is 5.97 Å². The summed E-state index contributed by atoms with van der Waals surface area (Å²) in [6.45, 7) is -0.220. The number of benzene rings is 2. The molecule has 0 N–H and O–H groups in total. The molecule has 0 saturated carbocycles. The summed E-state index contributed by atoms with van der Waals surface area (Å²) < 4.78 is 11.5. The van der Waals surface area contributed by atoms with Gasteiger partial charge in [-0.15, -0.1) is 11.3 Å². The molecule has 5 nitrogen and oxygen atoms in total. The third kappa shape index (κ3) is 4.23. The standard InChI is InChI=1S/C21H19NO4S/c23-18(16-9-8-14-4-3-5-15(14)10-16)11-26-21(24)13-25-12-20-22-17-6-1-2-7-19(17)27-20/h1-2,6-10H,3-5,11-13H2. The van der Waals surface area contributed by atoms with Crippen molar-refractivity contribution in [2.24, 2.45) is 0 Å². The maximum absolute atomic E-state index is 12.2. The van der Waals surface area contributed by atoms with E-state index in [1.165, 1.54) is 22.5 Å². The van der Waals surface area contributed by atoms with E-state index >= 15 is 0 Å². The smallest absolute Gasteiger partial charge is 0.332 e. The average molecular weight is 381 g/mol. The molecule has 138 valence electrons. The van der Waals surface area contributed by atoms with Crippen LogP contribution in [0.5, 0.6) is 0 Å². The van der Waals surface area contributed by atoms with E-state index in [9.17, 15) is 9.59 Å². The Morgan fingerprint density at radius 3 is 2.78 bits per heavy atom. The number of hydrogen-bond acceptors (Lipinski definition) is 6. The molecular formula is C21H19NO4S. The van der Waals surface area contributed by atoms with E-state index in [0.29, 0.717) is 5.56 Å². The lowest BCUT2D eigenvalue weighted by molar-refractivity contribution is -0.148. The lowest BCUT2D eigenvalue weighted by Gasteiger charge is -2.06. The Bertz CT molecular complexity index is 962. The maximum Gasteiger partial charge on any atom is 0.332 e. The molecule has 0 atom stereocenters. The second-order valence-electron chi connectivity index (χ2n) is 6.49. The molecule has 0 amide bonds. The van der Waals surface area contributed by atoms with Crippen LogP contribution in [0.4, 0.5) is 0 Å². The molecule has 4 rings (SSSR count). The highest BCUT2D eigenvalue weighted by Crippen LogP contribution is 2.23. The van der Waals surface area contributed by atoms with Crippen LogP contribution in [-0.4, -0.2) is 30.0 Å². The van der Waals surface area contributed by atoms with Crippen molar-refractivity contribution in [2.45, 2.75) is 25.9 Å². The first-order chi connectivity index (χ1) is 13.2. The molecule has 0 saturated heterocycles. The molecule has 2 aromatic carbocycles. The summed E-state index contributed by atoms with van der Waals surface area (Å²) in [7, 11) is 0. The van der Waals surface area contributed by atoms with Gasteiger partial charge in [-0.25, -0.2) is 9.78 Å². The fraction of sp³-hybridized carbons (Fsp3) is 0.286. The van der Waals surface area contributed by atoms with E-state index < -0.39 is 5.97 Å². The van der Waals surface area contributed by atoms with E-state index in [1.807, 2.05) is 42.5 Å². The van der Waals surface area contributed by atoms with Gasteiger partial charge in [0.1, 0.15) is 11.6 Å². The van der Waals surface area contributed by atoms with Crippen molar-refractivity contribution in [3.8, 4) is 0 Å². The Balaban J connectivity index is 1.23. The van der Waals surface area contributed by atoms with Crippen LogP contribution in [0.2, 0.25) is 0 Å². The van der Waals surface area contributed by atoms with Crippen LogP contribution in [0.3, 0.4) is 0 Å². The number of ether oxygens (including phenoxy) is 2. The summed E-state index contributed by atoms with van der Waals surface area (Å²) in [6, 6.07) is 13.6. The zero-order valence-corrected chi connectivity index (χ0v) is 15.6. The molecule has 1 aromatic heterocycles. The van der Waals surface area contributed by atoms with Crippen molar-refractivity contribution in [2.75, 3.05) is 13.2 Å². The van der Waals surface area contributed by atoms with E-state index in [1.54, 1.807) is 0 Å². The molecule has 0 radical (unpaired) electrons. The fourth-order valence-corrected chi connectivity index (χ4v) is 4.12. The van der Waals surface area contributed by atoms with Crippen molar-refractivity contribution in [1.29, 1.82) is 0 Å². The largest absolute Gasteiger partial charge is 0.456 e. The number of ketones is 1. The number of hydrogen-bond donors (Lipinski definition) is 0. The molecule has 0 fully saturated rings. The minimum absolute atomic E-state index is 0.191. The van der Waals surface area contributed by atoms with Crippen LogP contribution in [0.25, 0.3) is 10.2 Å². The summed E-state index contributed by atoms with van der Waals surface area (Å²) in [6.07, 6.45) is 3.22. The van der Waals surface area contributed by atoms with Gasteiger partial charge in [-0.05, 0) is 48.6 Å². The number of nitrogens with zero attached hydrogens (tertiary/aromatic N) is 1. The summed E-state index contributed by atoms with van der Waals surface area (Å²) in [5.41, 5.74) is 4.06. The van der Waals surface area contributed by atoms with Gasteiger partial charge in [0, 0.05) is 5.56 Å². The van der Waals surface area contributed by atoms with Gasteiger partial charge in [0.2, 0.25) is 0 Å². The van der Waals surface area contributed by atoms with Gasteiger partial charge in [-0.1, -0.05) is 24.3 Å². The van der Waals surface area contributed by atoms with Gasteiger partial charge in [0.25, 0.3) is 0 Å². The molecule has 3 aromatic rings. The Kier molecular flexibility index (Phi) is 5.27. The van der Waals surface area contributed by atoms with Crippen molar-refractivity contribution in [3.63, 3.8) is 0 Å². The predicted molar refractivity (Wildman–Crippen MR) is 103 cm³/mol. The Morgan fingerprint density at radius 1 is 1.04 bits per heavy atom. The summed E-state index contributed by atoms with van der Waals surface area (Å²) in [4.78, 5) is 28.5. The monoisotopic (exact) mass is 381 g/mol. The maximum atomic E-state index is 12.2. The first kappa shape index (κ1) is 17.8. The highest BCUT2D eigenvalue weighted by atomic mass is 32.1. The molecule has 27 heavy (non-hydrogen) atoms. The number of para-hydroxylation sites is 1. The molecule has 0 aliphatic heterocycles. The second-order valence-corrected chi connectivity index (χ2v) is 7.60. The van der Waals surface area contributed by atoms with Gasteiger partial charge < -0.3 is 9.47 Å². The summed E-state index contributed by atoms with van der Waals surface area (Å²) in [5, 5.41) is 0.804. The first-order valence-corrected chi connectivity index (χ1v) is 9.73. The van der Waals surface area contributed by atoms with Crippen LogP contribution < -0.4 is 0 Å². The van der Waals surface area contributed by atoms with Crippen LogP contribution in [-0.2, 0) is 33.7 Å². The molecule has 0 spiro atoms. The van der Waals surface area contributed by atoms with Gasteiger partial charge in [-0.2, -0.15) is 0 Å². The van der Waals surface area contributed by atoms with Crippen LogP contribution in [0, 0.1) is 0 Å². The number of carbonyl (C=O) groups is 2. The number of aromatic nitrogens is 1. The lowest BCUT2D eigenvalue weighted by atomic mass is 10.0. The number of esters is 1. The Labute approximate surface area is 160 Å². The van der Waals surface area contributed by atoms with Gasteiger partial charge in [0.15, 0.2) is 12.4 Å². The van der Waals surface area contributed by atoms with Gasteiger partial charge in [-0.3, -0.25) is 4.79 Å². The quantitative estimate of drug-likeness (QED) is 0.461. The molecule has 0 unspecified atom stereocenters. The van der Waals surface area contributed by atoms with Crippen LogP contribution in [0.1, 0.15) is 32.9 Å². The molecule has 6 heteroatoms. The molecule has 1 heterocycles. The molecule has 1 aliphatic rings. The minimum Gasteiger partial charge on any atom is -0.456 e. The number of fused-ring (bicyclic) bond motifs is 2. The molecule has 1 aliphatic carbocycles. The second kappa shape index (κ2) is 7.98. The van der Waals surface area contributed by atoms with E-state index in [0.717, 1.165) is 34.5 Å². The SMILES string of the molecule is O=C(COCc1nc2ccccc2s1)OCC(=O)c1ccc2c(c1)CCC2. The first-order valence-electron chi connectivity index (χ1n) is 8.92. The van der Waals surface area contributed by atoms with E-state index in [4.69, 9.17) is 9.47 Å². The zero-order valence-electron chi connectivity index (χ0n) is 14.8. The van der Waals surface area contributed by atoms with Crippen LogP contribution in [0.15, 0.2) is 42.5 Å². The Morgan fingerprint density at radius 2 is 1.89 bits per heavy atom. The normalized spacial score (nSPS) is 12.9. The van der Waals surface area contributed by atoms with E-state index in [2.05, 4.69) is 4.98 Å².